The van der Waals surface area contributed by atoms with Crippen LogP contribution >= 0.6 is 0 Å². The molecule has 21 heavy (non-hydrogen) atoms. The third-order valence-electron chi connectivity index (χ3n) is 4.31. The molecular formula is C14H22N4O2S. The molecule has 0 radical (unpaired) electrons. The summed E-state index contributed by atoms with van der Waals surface area (Å²) in [5, 5.41) is 9.49. The van der Waals surface area contributed by atoms with E-state index in [1.54, 1.807) is 0 Å². The molecule has 1 aromatic heterocycles. The largest absolute Gasteiger partial charge is 0.332 e. The van der Waals surface area contributed by atoms with Crippen LogP contribution in [-0.2, 0) is 16.4 Å². The smallest absolute Gasteiger partial charge is 0.258 e. The Hall–Kier alpha value is -1.39. The fraction of sp³-hybridized carbons (Fsp3) is 0.714. The molecule has 7 heteroatoms. The van der Waals surface area contributed by atoms with Crippen LogP contribution < -0.4 is 4.72 Å². The van der Waals surface area contributed by atoms with Gasteiger partial charge < -0.3 is 4.98 Å². The zero-order valence-corrected chi connectivity index (χ0v) is 13.3. The highest BCUT2D eigenvalue weighted by Crippen LogP contribution is 2.34. The number of H-pyrrole nitrogens is 1. The van der Waals surface area contributed by atoms with Gasteiger partial charge in [-0.2, -0.15) is 9.98 Å². The van der Waals surface area contributed by atoms with Crippen LogP contribution in [0.3, 0.4) is 0 Å². The summed E-state index contributed by atoms with van der Waals surface area (Å²) in [6, 6.07) is 2.18. The highest BCUT2D eigenvalue weighted by Gasteiger charge is 2.39. The second-order valence-electron chi connectivity index (χ2n) is 5.70. The van der Waals surface area contributed by atoms with Gasteiger partial charge in [-0.3, -0.25) is 0 Å². The molecule has 2 rings (SSSR count). The number of aromatic nitrogens is 2. The topological polar surface area (TPSA) is 98.6 Å². The third-order valence-corrected chi connectivity index (χ3v) is 5.76. The van der Waals surface area contributed by atoms with Crippen LogP contribution in [0.4, 0.5) is 0 Å². The van der Waals surface area contributed by atoms with E-state index < -0.39 is 15.6 Å². The van der Waals surface area contributed by atoms with Gasteiger partial charge in [-0.05, 0) is 31.6 Å². The predicted octanol–water partition coefficient (Wildman–Crippen LogP) is 2.11. The van der Waals surface area contributed by atoms with Gasteiger partial charge in [-0.15, -0.1) is 0 Å². The lowest BCUT2D eigenvalue weighted by atomic mass is 9.77. The summed E-state index contributed by atoms with van der Waals surface area (Å²) in [6.07, 6.45) is 5.92. The van der Waals surface area contributed by atoms with Gasteiger partial charge in [-0.1, -0.05) is 20.3 Å². The quantitative estimate of drug-likeness (QED) is 0.870. The normalized spacial score (nSPS) is 26.4. The summed E-state index contributed by atoms with van der Waals surface area (Å²) in [5.41, 5.74) is -0.984. The monoisotopic (exact) mass is 310 g/mol. The average Bonchev–Trinajstić information content (AvgIpc) is 2.97. The van der Waals surface area contributed by atoms with E-state index in [0.717, 1.165) is 19.3 Å². The van der Waals surface area contributed by atoms with E-state index in [-0.39, 0.29) is 5.03 Å². The minimum atomic E-state index is -3.73. The summed E-state index contributed by atoms with van der Waals surface area (Å²) >= 11 is 0. The van der Waals surface area contributed by atoms with E-state index in [2.05, 4.69) is 27.7 Å². The van der Waals surface area contributed by atoms with Crippen LogP contribution in [0.2, 0.25) is 0 Å². The Balaban J connectivity index is 2.16. The number of hydrogen-bond acceptors (Lipinski definition) is 4. The van der Waals surface area contributed by atoms with Crippen molar-refractivity contribution in [1.29, 1.82) is 5.26 Å². The summed E-state index contributed by atoms with van der Waals surface area (Å²) in [6.45, 7) is 4.02. The summed E-state index contributed by atoms with van der Waals surface area (Å²) < 4.78 is 27.4. The van der Waals surface area contributed by atoms with Crippen molar-refractivity contribution in [2.75, 3.05) is 0 Å². The fourth-order valence-corrected chi connectivity index (χ4v) is 4.10. The molecular weight excluding hydrogens is 288 g/mol. The van der Waals surface area contributed by atoms with Crippen molar-refractivity contribution in [2.24, 2.45) is 5.92 Å². The second kappa shape index (κ2) is 6.16. The molecule has 0 aromatic carbocycles. The lowest BCUT2D eigenvalue weighted by molar-refractivity contribution is 0.259. The van der Waals surface area contributed by atoms with Crippen LogP contribution in [0.25, 0.3) is 0 Å². The first-order chi connectivity index (χ1) is 9.94. The van der Waals surface area contributed by atoms with Crippen LogP contribution in [-0.4, -0.2) is 23.9 Å². The van der Waals surface area contributed by atoms with Crippen molar-refractivity contribution in [2.45, 2.75) is 62.9 Å². The molecule has 0 aliphatic heterocycles. The standard InChI is InChI=1S/C14H22N4O2S/c1-3-11-5-7-14(10-15,8-6-11)18-21(19,20)13-9-16-12(4-2)17-13/h9,11,18H,3-8H2,1-2H3,(H,16,17). The second-order valence-corrected chi connectivity index (χ2v) is 7.35. The first kappa shape index (κ1) is 16.0. The number of rotatable bonds is 5. The number of nitrogens with one attached hydrogen (secondary N) is 2. The molecule has 1 aliphatic rings. The number of sulfonamides is 1. The summed E-state index contributed by atoms with van der Waals surface area (Å²) in [4.78, 5) is 6.79. The van der Waals surface area contributed by atoms with E-state index in [1.165, 1.54) is 6.20 Å². The van der Waals surface area contributed by atoms with Crippen molar-refractivity contribution in [3.8, 4) is 6.07 Å². The molecule has 0 saturated heterocycles. The Morgan fingerprint density at radius 1 is 1.48 bits per heavy atom. The van der Waals surface area contributed by atoms with E-state index in [9.17, 15) is 13.7 Å². The number of nitrogens with zero attached hydrogens (tertiary/aromatic N) is 2. The van der Waals surface area contributed by atoms with Crippen LogP contribution in [0, 0.1) is 17.2 Å². The molecule has 0 amide bonds. The van der Waals surface area contributed by atoms with E-state index >= 15 is 0 Å². The Labute approximate surface area is 126 Å². The Morgan fingerprint density at radius 2 is 2.14 bits per heavy atom. The van der Waals surface area contributed by atoms with Gasteiger partial charge >= 0.3 is 0 Å². The zero-order valence-electron chi connectivity index (χ0n) is 12.5. The van der Waals surface area contributed by atoms with Crippen LogP contribution in [0.5, 0.6) is 0 Å². The first-order valence-corrected chi connectivity index (χ1v) is 8.92. The van der Waals surface area contributed by atoms with E-state index in [1.807, 2.05) is 6.92 Å². The number of aryl methyl sites for hydroxylation is 1. The van der Waals surface area contributed by atoms with Gasteiger partial charge in [0.15, 0.2) is 5.03 Å². The van der Waals surface area contributed by atoms with E-state index in [0.29, 0.717) is 31.0 Å². The first-order valence-electron chi connectivity index (χ1n) is 7.44. The van der Waals surface area contributed by atoms with Crippen molar-refractivity contribution in [3.63, 3.8) is 0 Å². The van der Waals surface area contributed by atoms with Gasteiger partial charge in [0.05, 0.1) is 12.3 Å². The van der Waals surface area contributed by atoms with Crippen molar-refractivity contribution < 1.29 is 8.42 Å². The SMILES string of the molecule is CCc1ncc(S(=O)(=O)NC2(C#N)CCC(CC)CC2)[nH]1. The summed E-state index contributed by atoms with van der Waals surface area (Å²) in [5.74, 6) is 1.21. The molecule has 1 fully saturated rings. The van der Waals surface area contributed by atoms with Crippen LogP contribution in [0.1, 0.15) is 51.8 Å². The highest BCUT2D eigenvalue weighted by molar-refractivity contribution is 7.89. The molecule has 1 aromatic rings. The highest BCUT2D eigenvalue weighted by atomic mass is 32.2. The maximum Gasteiger partial charge on any atom is 0.258 e. The Bertz CT molecular complexity index is 622. The Kier molecular flexibility index (Phi) is 4.69. The molecule has 6 nitrogen and oxygen atoms in total. The molecule has 1 saturated carbocycles. The molecule has 0 bridgehead atoms. The third kappa shape index (κ3) is 3.44. The molecule has 116 valence electrons. The minimum Gasteiger partial charge on any atom is -0.332 e. The maximum atomic E-state index is 12.4. The summed E-state index contributed by atoms with van der Waals surface area (Å²) in [7, 11) is -3.73. The number of hydrogen-bond donors (Lipinski definition) is 2. The Morgan fingerprint density at radius 3 is 2.62 bits per heavy atom. The van der Waals surface area contributed by atoms with Gasteiger partial charge in [-0.25, -0.2) is 13.4 Å². The molecule has 1 heterocycles. The average molecular weight is 310 g/mol. The molecule has 0 unspecified atom stereocenters. The van der Waals surface area contributed by atoms with Crippen molar-refractivity contribution in [1.82, 2.24) is 14.7 Å². The van der Waals surface area contributed by atoms with Gasteiger partial charge in [0.1, 0.15) is 11.4 Å². The fourth-order valence-electron chi connectivity index (χ4n) is 2.79. The lowest BCUT2D eigenvalue weighted by Gasteiger charge is -2.34. The number of aromatic amines is 1. The van der Waals surface area contributed by atoms with Gasteiger partial charge in [0, 0.05) is 6.42 Å². The molecule has 2 N–H and O–H groups in total. The minimum absolute atomic E-state index is 0.0339. The van der Waals surface area contributed by atoms with Crippen molar-refractivity contribution >= 4 is 10.0 Å². The van der Waals surface area contributed by atoms with Gasteiger partial charge in [0.2, 0.25) is 0 Å². The predicted molar refractivity (Wildman–Crippen MR) is 78.9 cm³/mol. The van der Waals surface area contributed by atoms with Crippen molar-refractivity contribution in [3.05, 3.63) is 12.0 Å². The zero-order chi connectivity index (χ0) is 15.5. The molecule has 1 aliphatic carbocycles. The lowest BCUT2D eigenvalue weighted by Crippen LogP contribution is -2.49. The maximum absolute atomic E-state index is 12.4. The van der Waals surface area contributed by atoms with Gasteiger partial charge in [0.25, 0.3) is 10.0 Å². The van der Waals surface area contributed by atoms with Crippen LogP contribution in [0.15, 0.2) is 11.2 Å². The molecule has 0 atom stereocenters. The van der Waals surface area contributed by atoms with E-state index in [4.69, 9.17) is 0 Å². The molecule has 0 spiro atoms. The number of nitriles is 1. The number of imidazole rings is 1.